The minimum atomic E-state index is 0.887. The summed E-state index contributed by atoms with van der Waals surface area (Å²) in [6.45, 7) is 0. The van der Waals surface area contributed by atoms with Crippen LogP contribution in [0.3, 0.4) is 0 Å². The molecular weight excluding hydrogens is 204 g/mol. The summed E-state index contributed by atoms with van der Waals surface area (Å²) in [5, 5.41) is 0. The first-order valence-corrected chi connectivity index (χ1v) is 8.40. The first kappa shape index (κ1) is 10.9. The zero-order valence-corrected chi connectivity index (χ0v) is 11.3. The second-order valence-electron chi connectivity index (χ2n) is 7.61. The van der Waals surface area contributed by atoms with E-state index in [9.17, 15) is 0 Å². The van der Waals surface area contributed by atoms with Crippen molar-refractivity contribution in [3.8, 4) is 0 Å². The van der Waals surface area contributed by atoms with Gasteiger partial charge in [-0.3, -0.25) is 0 Å². The molecule has 5 atom stereocenters. The van der Waals surface area contributed by atoms with Crippen LogP contribution in [-0.4, -0.2) is 0 Å². The molecule has 0 nitrogen and oxygen atoms in total. The summed E-state index contributed by atoms with van der Waals surface area (Å²) >= 11 is 0. The first-order chi connectivity index (χ1) is 8.40. The minimum Gasteiger partial charge on any atom is -0.0530 e. The summed E-state index contributed by atoms with van der Waals surface area (Å²) in [6.07, 6.45) is 19.1. The first-order valence-electron chi connectivity index (χ1n) is 8.40. The molecule has 5 rings (SSSR count). The molecule has 0 amide bonds. The van der Waals surface area contributed by atoms with E-state index in [1.54, 1.807) is 77.0 Å². The van der Waals surface area contributed by atoms with Gasteiger partial charge in [-0.05, 0) is 67.6 Å². The molecule has 96 valence electrons. The summed E-state index contributed by atoms with van der Waals surface area (Å²) in [5.41, 5.74) is 0.887. The maximum absolute atomic E-state index is 1.63. The van der Waals surface area contributed by atoms with E-state index in [0.717, 1.165) is 17.3 Å². The molecule has 0 aliphatic heterocycles. The average molecular weight is 232 g/mol. The number of hydrogen-bond donors (Lipinski definition) is 0. The lowest BCUT2D eigenvalue weighted by Crippen LogP contribution is -2.19. The number of hydrogen-bond acceptors (Lipinski definition) is 0. The van der Waals surface area contributed by atoms with Crippen molar-refractivity contribution in [1.29, 1.82) is 0 Å². The van der Waals surface area contributed by atoms with Gasteiger partial charge in [0.05, 0.1) is 0 Å². The van der Waals surface area contributed by atoms with Gasteiger partial charge in [-0.15, -0.1) is 0 Å². The van der Waals surface area contributed by atoms with Crippen LogP contribution in [0.1, 0.15) is 77.0 Å². The molecule has 0 heterocycles. The van der Waals surface area contributed by atoms with Gasteiger partial charge >= 0.3 is 0 Å². The Labute approximate surface area is 107 Å². The van der Waals surface area contributed by atoms with Crippen LogP contribution in [0.2, 0.25) is 0 Å². The van der Waals surface area contributed by atoms with Gasteiger partial charge in [0.15, 0.2) is 0 Å². The van der Waals surface area contributed by atoms with E-state index in [2.05, 4.69) is 0 Å². The summed E-state index contributed by atoms with van der Waals surface area (Å²) < 4.78 is 0. The van der Waals surface area contributed by atoms with E-state index in [1.807, 2.05) is 0 Å². The van der Waals surface area contributed by atoms with Gasteiger partial charge in [0.2, 0.25) is 0 Å². The third-order valence-electron chi connectivity index (χ3n) is 7.16. The van der Waals surface area contributed by atoms with E-state index < -0.39 is 0 Å². The highest BCUT2D eigenvalue weighted by Gasteiger charge is 2.62. The maximum Gasteiger partial charge on any atom is -0.0235 e. The van der Waals surface area contributed by atoms with Crippen LogP contribution in [0.15, 0.2) is 0 Å². The van der Waals surface area contributed by atoms with Gasteiger partial charge in [-0.1, -0.05) is 38.5 Å². The summed E-state index contributed by atoms with van der Waals surface area (Å²) in [5.74, 6) is 4.62. The zero-order valence-electron chi connectivity index (χ0n) is 11.3. The quantitative estimate of drug-likeness (QED) is 0.540. The Morgan fingerprint density at radius 1 is 0.529 bits per heavy atom. The lowest BCUT2D eigenvalue weighted by atomic mass is 9.76. The molecule has 0 aromatic heterocycles. The smallest absolute Gasteiger partial charge is 0.0235 e. The average Bonchev–Trinajstić information content (AvgIpc) is 2.87. The molecule has 0 radical (unpaired) electrons. The predicted octanol–water partition coefficient (Wildman–Crippen LogP) is 5.17. The molecule has 5 unspecified atom stereocenters. The van der Waals surface area contributed by atoms with Gasteiger partial charge in [-0.2, -0.15) is 0 Å². The number of fused-ring (bicyclic) bond motifs is 4. The van der Waals surface area contributed by atoms with Crippen molar-refractivity contribution >= 4 is 0 Å². The SMILES string of the molecule is C1CCC23CCC4CCCCC2C3CCC4C1. The molecule has 5 fully saturated rings. The molecule has 1 spiro atoms. The van der Waals surface area contributed by atoms with Crippen LogP contribution >= 0.6 is 0 Å². The van der Waals surface area contributed by atoms with E-state index in [4.69, 9.17) is 0 Å². The van der Waals surface area contributed by atoms with E-state index in [0.29, 0.717) is 0 Å². The Kier molecular flexibility index (Phi) is 2.56. The predicted molar refractivity (Wildman–Crippen MR) is 71.8 cm³/mol. The van der Waals surface area contributed by atoms with Crippen LogP contribution in [0.25, 0.3) is 0 Å². The highest BCUT2D eigenvalue weighted by molar-refractivity contribution is 5.11. The van der Waals surface area contributed by atoms with Crippen molar-refractivity contribution in [3.63, 3.8) is 0 Å². The Morgan fingerprint density at radius 3 is 2.18 bits per heavy atom. The lowest BCUT2D eigenvalue weighted by Gasteiger charge is -2.30. The molecule has 5 saturated carbocycles. The highest BCUT2D eigenvalue weighted by Crippen LogP contribution is 2.70. The van der Waals surface area contributed by atoms with E-state index >= 15 is 0 Å². The van der Waals surface area contributed by atoms with Crippen LogP contribution in [0.4, 0.5) is 0 Å². The highest BCUT2D eigenvalue weighted by atomic mass is 14.7. The normalized spacial score (nSPS) is 53.6. The van der Waals surface area contributed by atoms with Crippen molar-refractivity contribution < 1.29 is 0 Å². The molecule has 3 bridgehead atoms. The van der Waals surface area contributed by atoms with Gasteiger partial charge < -0.3 is 0 Å². The van der Waals surface area contributed by atoms with Crippen LogP contribution in [-0.2, 0) is 0 Å². The van der Waals surface area contributed by atoms with Crippen molar-refractivity contribution in [2.75, 3.05) is 0 Å². The standard InChI is InChI=1S/C17H28/c1-2-7-15-16-9-8-13-6-3-4-11-17(15,16)12-10-14(13)5-1/h13-16H,1-12H2. The third-order valence-corrected chi connectivity index (χ3v) is 7.16. The largest absolute Gasteiger partial charge is 0.0530 e. The monoisotopic (exact) mass is 232 g/mol. The lowest BCUT2D eigenvalue weighted by molar-refractivity contribution is 0.212. The van der Waals surface area contributed by atoms with E-state index in [1.165, 1.54) is 11.8 Å². The van der Waals surface area contributed by atoms with Crippen LogP contribution in [0, 0.1) is 29.1 Å². The Morgan fingerprint density at radius 2 is 1.24 bits per heavy atom. The molecular formula is C17H28. The second-order valence-corrected chi connectivity index (χ2v) is 7.61. The summed E-state index contributed by atoms with van der Waals surface area (Å²) in [4.78, 5) is 0. The van der Waals surface area contributed by atoms with Crippen molar-refractivity contribution in [2.24, 2.45) is 29.1 Å². The zero-order chi connectivity index (χ0) is 11.3. The van der Waals surface area contributed by atoms with Crippen molar-refractivity contribution in [3.05, 3.63) is 0 Å². The van der Waals surface area contributed by atoms with Crippen LogP contribution in [0.5, 0.6) is 0 Å². The molecule has 0 aromatic carbocycles. The third kappa shape index (κ3) is 1.62. The van der Waals surface area contributed by atoms with Gasteiger partial charge in [0, 0.05) is 0 Å². The van der Waals surface area contributed by atoms with Crippen LogP contribution < -0.4 is 0 Å². The summed E-state index contributed by atoms with van der Waals surface area (Å²) in [7, 11) is 0. The Hall–Kier alpha value is 0. The van der Waals surface area contributed by atoms with Gasteiger partial charge in [0.25, 0.3) is 0 Å². The van der Waals surface area contributed by atoms with Crippen molar-refractivity contribution in [2.45, 2.75) is 77.0 Å². The molecule has 17 heavy (non-hydrogen) atoms. The molecule has 0 saturated heterocycles. The fraction of sp³-hybridized carbons (Fsp3) is 1.00. The molecule has 5 aliphatic rings. The molecule has 0 heteroatoms. The Balaban J connectivity index is 1.69. The Bertz CT molecular complexity index is 286. The number of rotatable bonds is 0. The van der Waals surface area contributed by atoms with E-state index in [-0.39, 0.29) is 0 Å². The van der Waals surface area contributed by atoms with Crippen molar-refractivity contribution in [1.82, 2.24) is 0 Å². The second kappa shape index (κ2) is 4.00. The molecule has 0 N–H and O–H groups in total. The molecule has 5 aliphatic carbocycles. The van der Waals surface area contributed by atoms with Gasteiger partial charge in [-0.25, -0.2) is 0 Å². The van der Waals surface area contributed by atoms with Gasteiger partial charge in [0.1, 0.15) is 0 Å². The summed E-state index contributed by atoms with van der Waals surface area (Å²) in [6, 6.07) is 0. The fourth-order valence-electron chi connectivity index (χ4n) is 6.23. The molecule has 0 aromatic rings. The minimum absolute atomic E-state index is 0.887. The topological polar surface area (TPSA) is 0 Å². The fourth-order valence-corrected chi connectivity index (χ4v) is 6.23. The maximum atomic E-state index is 1.63.